The average Bonchev–Trinajstić information content (AvgIpc) is 2.84. The third kappa shape index (κ3) is 4.47. The minimum Gasteiger partial charge on any atom is -0.504 e. The van der Waals surface area contributed by atoms with Crippen LogP contribution in [0.3, 0.4) is 0 Å². The third-order valence-electron chi connectivity index (χ3n) is 3.52. The molecule has 0 saturated carbocycles. The first kappa shape index (κ1) is 19.6. The number of rotatable bonds is 7. The summed E-state index contributed by atoms with van der Waals surface area (Å²) in [6, 6.07) is 3.71. The molecule has 134 valence electrons. The first-order valence-corrected chi connectivity index (χ1v) is 9.86. The van der Waals surface area contributed by atoms with Gasteiger partial charge in [-0.1, -0.05) is 30.0 Å². The van der Waals surface area contributed by atoms with Crippen molar-refractivity contribution in [2.24, 2.45) is 0 Å². The lowest BCUT2D eigenvalue weighted by Crippen LogP contribution is -2.44. The molecule has 0 aromatic heterocycles. The minimum atomic E-state index is -1.07. The van der Waals surface area contributed by atoms with Gasteiger partial charge in [-0.05, 0) is 42.2 Å². The van der Waals surface area contributed by atoms with Crippen LogP contribution in [0.25, 0.3) is 6.08 Å². The number of thiocarbonyl (C=S) groups is 1. The molecular formula is C16H17NO5S3. The normalized spacial score (nSPS) is 17.2. The molecule has 1 atom stereocenters. The van der Waals surface area contributed by atoms with E-state index in [1.54, 1.807) is 18.2 Å². The maximum absolute atomic E-state index is 12.6. The summed E-state index contributed by atoms with van der Waals surface area (Å²) >= 11 is 7.80. The maximum Gasteiger partial charge on any atom is 0.326 e. The van der Waals surface area contributed by atoms with Gasteiger partial charge in [0.05, 0.1) is 12.0 Å². The summed E-state index contributed by atoms with van der Waals surface area (Å²) < 4.78 is 5.28. The summed E-state index contributed by atoms with van der Waals surface area (Å²) in [4.78, 5) is 25.7. The van der Waals surface area contributed by atoms with Crippen LogP contribution in [0.15, 0.2) is 23.1 Å². The van der Waals surface area contributed by atoms with Crippen molar-refractivity contribution in [3.05, 3.63) is 28.7 Å². The third-order valence-corrected chi connectivity index (χ3v) is 5.49. The van der Waals surface area contributed by atoms with Crippen molar-refractivity contribution in [2.45, 2.75) is 12.5 Å². The van der Waals surface area contributed by atoms with Gasteiger partial charge in [0.2, 0.25) is 0 Å². The van der Waals surface area contributed by atoms with Crippen LogP contribution >= 0.6 is 35.7 Å². The quantitative estimate of drug-likeness (QED) is 0.535. The lowest BCUT2D eigenvalue weighted by Gasteiger charge is -2.22. The van der Waals surface area contributed by atoms with Gasteiger partial charge in [0.1, 0.15) is 10.4 Å². The van der Waals surface area contributed by atoms with Crippen molar-refractivity contribution in [3.63, 3.8) is 0 Å². The Morgan fingerprint density at radius 1 is 1.52 bits per heavy atom. The van der Waals surface area contributed by atoms with E-state index >= 15 is 0 Å². The molecule has 1 amide bonds. The van der Waals surface area contributed by atoms with Crippen molar-refractivity contribution in [2.75, 3.05) is 19.1 Å². The molecule has 1 aromatic carbocycles. The van der Waals surface area contributed by atoms with Gasteiger partial charge in [0.15, 0.2) is 11.5 Å². The van der Waals surface area contributed by atoms with E-state index in [-0.39, 0.29) is 15.8 Å². The number of hydrogen-bond acceptors (Lipinski definition) is 7. The lowest BCUT2D eigenvalue weighted by molar-refractivity contribution is -0.145. The minimum absolute atomic E-state index is 0.00444. The van der Waals surface area contributed by atoms with Gasteiger partial charge in [-0.25, -0.2) is 4.79 Å². The zero-order chi connectivity index (χ0) is 18.6. The van der Waals surface area contributed by atoms with Crippen LogP contribution in [0.2, 0.25) is 0 Å². The molecule has 9 heteroatoms. The highest BCUT2D eigenvalue weighted by Gasteiger charge is 2.40. The fourth-order valence-electron chi connectivity index (χ4n) is 2.28. The molecule has 25 heavy (non-hydrogen) atoms. The fraction of sp³-hybridized carbons (Fsp3) is 0.312. The molecule has 6 nitrogen and oxygen atoms in total. The number of methoxy groups -OCH3 is 1. The highest BCUT2D eigenvalue weighted by Crippen LogP contribution is 2.36. The Morgan fingerprint density at radius 3 is 2.84 bits per heavy atom. The van der Waals surface area contributed by atoms with Crippen molar-refractivity contribution in [1.29, 1.82) is 0 Å². The number of carboxylic acid groups (broad SMARTS) is 1. The van der Waals surface area contributed by atoms with E-state index in [1.165, 1.54) is 29.8 Å². The number of aliphatic carboxylic acids is 1. The predicted octanol–water partition coefficient (Wildman–Crippen LogP) is 2.81. The first-order valence-electron chi connectivity index (χ1n) is 7.24. The topological polar surface area (TPSA) is 87.1 Å². The monoisotopic (exact) mass is 399 g/mol. The van der Waals surface area contributed by atoms with E-state index < -0.39 is 17.9 Å². The number of ether oxygens (including phenoxy) is 1. The van der Waals surface area contributed by atoms with Crippen molar-refractivity contribution in [1.82, 2.24) is 4.90 Å². The summed E-state index contributed by atoms with van der Waals surface area (Å²) in [5, 5.41) is 19.1. The SMILES string of the molecule is COc1cc(/C=C2/SC(=S)N([C@@H](CCSC)C(=O)O)C2=O)ccc1O. The Morgan fingerprint density at radius 2 is 2.24 bits per heavy atom. The van der Waals surface area contributed by atoms with E-state index in [9.17, 15) is 19.8 Å². The van der Waals surface area contributed by atoms with Gasteiger partial charge < -0.3 is 14.9 Å². The number of phenols is 1. The molecule has 2 N–H and O–H groups in total. The zero-order valence-electron chi connectivity index (χ0n) is 13.6. The lowest BCUT2D eigenvalue weighted by atomic mass is 10.1. The Bertz CT molecular complexity index is 734. The summed E-state index contributed by atoms with van der Waals surface area (Å²) in [6.45, 7) is 0. The van der Waals surface area contributed by atoms with E-state index in [0.717, 1.165) is 11.8 Å². The number of aromatic hydroxyl groups is 1. The molecule has 1 saturated heterocycles. The van der Waals surface area contributed by atoms with Crippen LogP contribution in [0.4, 0.5) is 0 Å². The van der Waals surface area contributed by atoms with E-state index in [1.807, 2.05) is 6.26 Å². The molecule has 0 spiro atoms. The highest BCUT2D eigenvalue weighted by molar-refractivity contribution is 8.26. The van der Waals surface area contributed by atoms with Crippen LogP contribution in [-0.4, -0.2) is 56.5 Å². The number of nitrogens with zero attached hydrogens (tertiary/aromatic N) is 1. The summed E-state index contributed by atoms with van der Waals surface area (Å²) in [5.74, 6) is -0.598. The molecule has 0 unspecified atom stereocenters. The highest BCUT2D eigenvalue weighted by atomic mass is 32.2. The molecular weight excluding hydrogens is 382 g/mol. The molecule has 1 aliphatic heterocycles. The van der Waals surface area contributed by atoms with Gasteiger partial charge in [-0.2, -0.15) is 11.8 Å². The largest absolute Gasteiger partial charge is 0.504 e. The molecule has 0 aliphatic carbocycles. The van der Waals surface area contributed by atoms with Gasteiger partial charge in [0, 0.05) is 0 Å². The summed E-state index contributed by atoms with van der Waals surface area (Å²) in [6.07, 6.45) is 3.80. The number of hydrogen-bond donors (Lipinski definition) is 2. The Labute approximate surface area is 159 Å². The number of thioether (sulfide) groups is 2. The van der Waals surface area contributed by atoms with Gasteiger partial charge in [-0.15, -0.1) is 0 Å². The number of benzene rings is 1. The van der Waals surface area contributed by atoms with Crippen LogP contribution in [-0.2, 0) is 9.59 Å². The van der Waals surface area contributed by atoms with Gasteiger partial charge in [-0.3, -0.25) is 9.69 Å². The zero-order valence-corrected chi connectivity index (χ0v) is 16.0. The second-order valence-electron chi connectivity index (χ2n) is 5.12. The Hall–Kier alpha value is -1.71. The number of carboxylic acids is 1. The summed E-state index contributed by atoms with van der Waals surface area (Å²) in [7, 11) is 1.43. The van der Waals surface area contributed by atoms with E-state index in [0.29, 0.717) is 22.6 Å². The smallest absolute Gasteiger partial charge is 0.326 e. The fourth-order valence-corrected chi connectivity index (χ4v) is 4.09. The number of phenolic OH excluding ortho intramolecular Hbond substituents is 1. The molecule has 0 bridgehead atoms. The van der Waals surface area contributed by atoms with Crippen LogP contribution in [0.1, 0.15) is 12.0 Å². The number of carbonyl (C=O) groups excluding carboxylic acids is 1. The van der Waals surface area contributed by atoms with Gasteiger partial charge in [0.25, 0.3) is 5.91 Å². The summed E-state index contributed by atoms with van der Waals surface area (Å²) in [5.41, 5.74) is 0.645. The molecule has 1 fully saturated rings. The molecule has 1 aliphatic rings. The van der Waals surface area contributed by atoms with Crippen molar-refractivity contribution < 1.29 is 24.5 Å². The Balaban J connectivity index is 2.29. The second-order valence-corrected chi connectivity index (χ2v) is 7.78. The van der Waals surface area contributed by atoms with E-state index in [2.05, 4.69) is 0 Å². The number of carbonyl (C=O) groups is 2. The Kier molecular flexibility index (Phi) is 6.74. The predicted molar refractivity (Wildman–Crippen MR) is 104 cm³/mol. The van der Waals surface area contributed by atoms with Crippen LogP contribution in [0, 0.1) is 0 Å². The second kappa shape index (κ2) is 8.59. The average molecular weight is 400 g/mol. The molecule has 0 radical (unpaired) electrons. The maximum atomic E-state index is 12.6. The van der Waals surface area contributed by atoms with Crippen molar-refractivity contribution >= 4 is 58.0 Å². The van der Waals surface area contributed by atoms with Crippen LogP contribution in [0.5, 0.6) is 11.5 Å². The molecule has 1 aromatic rings. The van der Waals surface area contributed by atoms with E-state index in [4.69, 9.17) is 17.0 Å². The first-order chi connectivity index (χ1) is 11.9. The van der Waals surface area contributed by atoms with Crippen LogP contribution < -0.4 is 4.74 Å². The van der Waals surface area contributed by atoms with Crippen molar-refractivity contribution in [3.8, 4) is 11.5 Å². The number of amides is 1. The van der Waals surface area contributed by atoms with Gasteiger partial charge >= 0.3 is 5.97 Å². The molecule has 1 heterocycles. The molecule has 2 rings (SSSR count). The standard InChI is InChI=1S/C16H17NO5S3/c1-22-12-7-9(3-4-11(12)18)8-13-14(19)17(16(23)25-13)10(15(20)21)5-6-24-2/h3-4,7-8,10,18H,5-6H2,1-2H3,(H,20,21)/b13-8+/t10-/m0/s1.